The molecular weight excluding hydrogens is 314 g/mol. The lowest BCUT2D eigenvalue weighted by Crippen LogP contribution is -2.35. The van der Waals surface area contributed by atoms with Gasteiger partial charge in [-0.25, -0.2) is 0 Å². The molecule has 1 amide bonds. The van der Waals surface area contributed by atoms with Crippen molar-refractivity contribution in [2.75, 3.05) is 0 Å². The lowest BCUT2D eigenvalue weighted by atomic mass is 10.1. The van der Waals surface area contributed by atoms with Crippen molar-refractivity contribution >= 4 is 33.4 Å². The first kappa shape index (κ1) is 13.9. The Labute approximate surface area is 121 Å². The summed E-state index contributed by atoms with van der Waals surface area (Å²) < 4.78 is 0.893. The normalized spacial score (nSPS) is 17.7. The number of benzene rings is 1. The van der Waals surface area contributed by atoms with Crippen LogP contribution in [0.1, 0.15) is 42.2 Å². The van der Waals surface area contributed by atoms with Crippen molar-refractivity contribution < 1.29 is 4.79 Å². The van der Waals surface area contributed by atoms with Gasteiger partial charge >= 0.3 is 0 Å². The molecule has 2 rings (SSSR count). The highest BCUT2D eigenvalue weighted by Gasteiger charge is 2.24. The molecule has 0 bridgehead atoms. The highest BCUT2D eigenvalue weighted by molar-refractivity contribution is 9.10. The maximum atomic E-state index is 12.1. The number of carbonyl (C=O) groups excluding carboxylic acids is 1. The molecule has 1 aromatic carbocycles. The van der Waals surface area contributed by atoms with E-state index in [0.29, 0.717) is 6.04 Å². The summed E-state index contributed by atoms with van der Waals surface area (Å²) >= 11 is 9.71. The zero-order valence-electron chi connectivity index (χ0n) is 10.4. The molecule has 1 aliphatic carbocycles. The van der Waals surface area contributed by atoms with Crippen molar-refractivity contribution in [1.82, 2.24) is 5.32 Å². The molecule has 98 valence electrons. The molecule has 18 heavy (non-hydrogen) atoms. The molecule has 0 saturated heterocycles. The first-order valence-corrected chi connectivity index (χ1v) is 7.51. The molecule has 1 fully saturated rings. The van der Waals surface area contributed by atoms with Gasteiger partial charge in [0.15, 0.2) is 0 Å². The number of hydrogen-bond donors (Lipinski definition) is 1. The van der Waals surface area contributed by atoms with Gasteiger partial charge in [-0.2, -0.15) is 0 Å². The molecule has 1 aromatic rings. The van der Waals surface area contributed by atoms with Crippen molar-refractivity contribution in [1.29, 1.82) is 0 Å². The van der Waals surface area contributed by atoms with Crippen LogP contribution in [0.25, 0.3) is 0 Å². The Bertz CT molecular complexity index is 443. The molecule has 4 heteroatoms. The molecular formula is C14H17BrClNO. The first-order chi connectivity index (χ1) is 8.58. The minimum atomic E-state index is -0.624. The van der Waals surface area contributed by atoms with E-state index in [1.165, 1.54) is 12.8 Å². The zero-order valence-corrected chi connectivity index (χ0v) is 12.7. The smallest absolute Gasteiger partial charge is 0.242 e. The summed E-state index contributed by atoms with van der Waals surface area (Å²) in [6, 6.07) is 6.17. The van der Waals surface area contributed by atoms with Gasteiger partial charge in [0.2, 0.25) is 5.91 Å². The second kappa shape index (κ2) is 6.07. The predicted molar refractivity (Wildman–Crippen MR) is 77.9 cm³/mol. The van der Waals surface area contributed by atoms with Crippen molar-refractivity contribution in [3.8, 4) is 0 Å². The van der Waals surface area contributed by atoms with E-state index in [2.05, 4.69) is 21.2 Å². The van der Waals surface area contributed by atoms with Crippen LogP contribution in [0, 0.1) is 6.92 Å². The van der Waals surface area contributed by atoms with E-state index in [9.17, 15) is 4.79 Å². The number of aryl methyl sites for hydroxylation is 1. The third-order valence-electron chi connectivity index (χ3n) is 3.36. The number of nitrogens with one attached hydrogen (secondary N) is 1. The van der Waals surface area contributed by atoms with E-state index in [1.54, 1.807) is 0 Å². The van der Waals surface area contributed by atoms with E-state index in [1.807, 2.05) is 25.1 Å². The lowest BCUT2D eigenvalue weighted by molar-refractivity contribution is -0.121. The van der Waals surface area contributed by atoms with Crippen molar-refractivity contribution in [2.24, 2.45) is 0 Å². The maximum Gasteiger partial charge on any atom is 0.242 e. The molecule has 0 heterocycles. The van der Waals surface area contributed by atoms with Gasteiger partial charge in [-0.3, -0.25) is 4.79 Å². The van der Waals surface area contributed by atoms with Gasteiger partial charge in [-0.1, -0.05) is 40.9 Å². The minimum Gasteiger partial charge on any atom is -0.352 e. The summed E-state index contributed by atoms with van der Waals surface area (Å²) in [7, 11) is 0. The Morgan fingerprint density at radius 2 is 2.11 bits per heavy atom. The summed E-state index contributed by atoms with van der Waals surface area (Å²) in [5.41, 5.74) is 1.98. The molecule has 0 spiro atoms. The van der Waals surface area contributed by atoms with E-state index in [-0.39, 0.29) is 5.91 Å². The standard InChI is InChI=1S/C14H17BrClNO/c1-9-6-7-11(12(15)8-9)13(16)14(18)17-10-4-2-3-5-10/h6-8,10,13H,2-5H2,1H3,(H,17,18). The van der Waals surface area contributed by atoms with Crippen LogP contribution in [0.5, 0.6) is 0 Å². The van der Waals surface area contributed by atoms with E-state index < -0.39 is 5.38 Å². The van der Waals surface area contributed by atoms with Gasteiger partial charge in [-0.05, 0) is 37.0 Å². The Morgan fingerprint density at radius 1 is 1.44 bits per heavy atom. The fourth-order valence-corrected chi connectivity index (χ4v) is 3.43. The molecule has 1 saturated carbocycles. The molecule has 0 aromatic heterocycles. The van der Waals surface area contributed by atoms with Crippen LogP contribution < -0.4 is 5.32 Å². The SMILES string of the molecule is Cc1ccc(C(Cl)C(=O)NC2CCCC2)c(Br)c1. The van der Waals surface area contributed by atoms with Crippen LogP contribution in [-0.4, -0.2) is 11.9 Å². The number of halogens is 2. The van der Waals surface area contributed by atoms with Crippen LogP contribution in [0.2, 0.25) is 0 Å². The van der Waals surface area contributed by atoms with E-state index >= 15 is 0 Å². The number of hydrogen-bond acceptors (Lipinski definition) is 1. The largest absolute Gasteiger partial charge is 0.352 e. The summed E-state index contributed by atoms with van der Waals surface area (Å²) in [6.45, 7) is 2.01. The van der Waals surface area contributed by atoms with E-state index in [0.717, 1.165) is 28.4 Å². The van der Waals surface area contributed by atoms with Gasteiger partial charge in [0.25, 0.3) is 0 Å². The number of amides is 1. The van der Waals surface area contributed by atoms with Crippen LogP contribution in [0.4, 0.5) is 0 Å². The molecule has 1 atom stereocenters. The number of rotatable bonds is 3. The maximum absolute atomic E-state index is 12.1. The van der Waals surface area contributed by atoms with Crippen LogP contribution in [-0.2, 0) is 4.79 Å². The third kappa shape index (κ3) is 3.27. The molecule has 0 aliphatic heterocycles. The summed E-state index contributed by atoms with van der Waals surface area (Å²) in [6.07, 6.45) is 4.55. The minimum absolute atomic E-state index is 0.0897. The van der Waals surface area contributed by atoms with Crippen molar-refractivity contribution in [3.05, 3.63) is 33.8 Å². The van der Waals surface area contributed by atoms with Gasteiger partial charge in [-0.15, -0.1) is 11.6 Å². The third-order valence-corrected chi connectivity index (χ3v) is 4.48. The first-order valence-electron chi connectivity index (χ1n) is 6.28. The molecule has 1 N–H and O–H groups in total. The summed E-state index contributed by atoms with van der Waals surface area (Å²) in [4.78, 5) is 12.1. The average molecular weight is 331 g/mol. The van der Waals surface area contributed by atoms with Gasteiger partial charge in [0.1, 0.15) is 5.38 Å². The molecule has 2 nitrogen and oxygen atoms in total. The van der Waals surface area contributed by atoms with Crippen LogP contribution in [0.15, 0.2) is 22.7 Å². The average Bonchev–Trinajstić information content (AvgIpc) is 2.81. The predicted octanol–water partition coefficient (Wildman–Crippen LogP) is 4.10. The van der Waals surface area contributed by atoms with Gasteiger partial charge < -0.3 is 5.32 Å². The molecule has 1 aliphatic rings. The highest BCUT2D eigenvalue weighted by Crippen LogP contribution is 2.30. The van der Waals surface area contributed by atoms with E-state index in [4.69, 9.17) is 11.6 Å². The topological polar surface area (TPSA) is 29.1 Å². The van der Waals surface area contributed by atoms with Gasteiger partial charge in [0, 0.05) is 10.5 Å². The Kier molecular flexibility index (Phi) is 4.68. The Hall–Kier alpha value is -0.540. The Morgan fingerprint density at radius 3 is 2.72 bits per heavy atom. The fourth-order valence-electron chi connectivity index (χ4n) is 2.32. The Balaban J connectivity index is 2.05. The lowest BCUT2D eigenvalue weighted by Gasteiger charge is -2.16. The monoisotopic (exact) mass is 329 g/mol. The van der Waals surface area contributed by atoms with Gasteiger partial charge in [0.05, 0.1) is 0 Å². The molecule has 1 unspecified atom stereocenters. The quantitative estimate of drug-likeness (QED) is 0.831. The summed E-state index contributed by atoms with van der Waals surface area (Å²) in [5.74, 6) is -0.0897. The number of carbonyl (C=O) groups is 1. The number of alkyl halides is 1. The summed E-state index contributed by atoms with van der Waals surface area (Å²) in [5, 5.41) is 2.40. The van der Waals surface area contributed by atoms with Crippen molar-refractivity contribution in [2.45, 2.75) is 44.0 Å². The highest BCUT2D eigenvalue weighted by atomic mass is 79.9. The zero-order chi connectivity index (χ0) is 13.1. The van der Waals surface area contributed by atoms with Crippen LogP contribution >= 0.6 is 27.5 Å². The van der Waals surface area contributed by atoms with Crippen LogP contribution in [0.3, 0.4) is 0 Å². The van der Waals surface area contributed by atoms with Crippen molar-refractivity contribution in [3.63, 3.8) is 0 Å². The second-order valence-corrected chi connectivity index (χ2v) is 6.17. The fraction of sp³-hybridized carbons (Fsp3) is 0.500. The molecule has 0 radical (unpaired) electrons. The second-order valence-electron chi connectivity index (χ2n) is 4.88.